The van der Waals surface area contributed by atoms with Gasteiger partial charge >= 0.3 is 5.69 Å². The van der Waals surface area contributed by atoms with Gasteiger partial charge in [0.05, 0.1) is 31.8 Å². The number of methoxy groups -OCH3 is 2. The number of rotatable bonds is 4. The topological polar surface area (TPSA) is 108 Å². The van der Waals surface area contributed by atoms with Gasteiger partial charge in [0.15, 0.2) is 22.8 Å². The second kappa shape index (κ2) is 6.28. The Morgan fingerprint density at radius 3 is 2.62 bits per heavy atom. The quantitative estimate of drug-likeness (QED) is 0.595. The van der Waals surface area contributed by atoms with Gasteiger partial charge in [-0.1, -0.05) is 6.07 Å². The van der Waals surface area contributed by atoms with Gasteiger partial charge in [-0.3, -0.25) is 4.98 Å². The molecule has 0 aliphatic heterocycles. The summed E-state index contributed by atoms with van der Waals surface area (Å²) in [6.07, 6.45) is 6.26. The van der Waals surface area contributed by atoms with Gasteiger partial charge in [-0.25, -0.2) is 29.3 Å². The number of aromatic nitrogens is 6. The second-order valence-electron chi connectivity index (χ2n) is 5.33. The van der Waals surface area contributed by atoms with Gasteiger partial charge in [0, 0.05) is 18.0 Å². The van der Waals surface area contributed by atoms with E-state index in [1.54, 1.807) is 36.8 Å². The summed E-state index contributed by atoms with van der Waals surface area (Å²) >= 11 is 0. The summed E-state index contributed by atoms with van der Waals surface area (Å²) in [5, 5.41) is 0. The number of hydrogen-bond donors (Lipinski definition) is 1. The number of nitrogens with one attached hydrogen (secondary N) is 1. The molecule has 0 aliphatic carbocycles. The number of para-hydroxylation sites is 1. The summed E-state index contributed by atoms with van der Waals surface area (Å²) in [5.41, 5.74) is 2.11. The van der Waals surface area contributed by atoms with Crippen LogP contribution in [0.3, 0.4) is 0 Å². The average molecular weight is 350 g/mol. The molecule has 0 amide bonds. The number of fused-ring (bicyclic) bond motifs is 1. The van der Waals surface area contributed by atoms with E-state index in [4.69, 9.17) is 9.47 Å². The lowest BCUT2D eigenvalue weighted by Gasteiger charge is -2.12. The van der Waals surface area contributed by atoms with E-state index in [-0.39, 0.29) is 5.69 Å². The monoisotopic (exact) mass is 350 g/mol. The number of H-pyrrole nitrogens is 1. The van der Waals surface area contributed by atoms with Crippen LogP contribution in [-0.4, -0.2) is 43.7 Å². The van der Waals surface area contributed by atoms with Gasteiger partial charge in [0.25, 0.3) is 0 Å². The Labute approximate surface area is 147 Å². The minimum absolute atomic E-state index is 0.348. The lowest BCUT2D eigenvalue weighted by atomic mass is 10.2. The maximum absolute atomic E-state index is 12.6. The lowest BCUT2D eigenvalue weighted by Crippen LogP contribution is -2.16. The highest BCUT2D eigenvalue weighted by molar-refractivity contribution is 5.73. The van der Waals surface area contributed by atoms with E-state index in [0.29, 0.717) is 39.7 Å². The van der Waals surface area contributed by atoms with Gasteiger partial charge < -0.3 is 9.47 Å². The normalized spacial score (nSPS) is 10.8. The smallest absolute Gasteiger partial charge is 0.333 e. The van der Waals surface area contributed by atoms with Crippen LogP contribution in [0.1, 0.15) is 0 Å². The minimum Gasteiger partial charge on any atom is -0.493 e. The van der Waals surface area contributed by atoms with Crippen LogP contribution in [0, 0.1) is 0 Å². The molecule has 9 nitrogen and oxygen atoms in total. The van der Waals surface area contributed by atoms with Crippen LogP contribution in [0.5, 0.6) is 11.5 Å². The highest BCUT2D eigenvalue weighted by Gasteiger charge is 2.18. The molecule has 0 radical (unpaired) electrons. The maximum Gasteiger partial charge on any atom is 0.333 e. The van der Waals surface area contributed by atoms with Crippen molar-refractivity contribution in [2.75, 3.05) is 14.2 Å². The van der Waals surface area contributed by atoms with Crippen LogP contribution in [0.15, 0.2) is 47.9 Å². The molecule has 1 aromatic carbocycles. The van der Waals surface area contributed by atoms with Crippen LogP contribution in [-0.2, 0) is 0 Å². The van der Waals surface area contributed by atoms with Crippen LogP contribution >= 0.6 is 0 Å². The molecule has 26 heavy (non-hydrogen) atoms. The van der Waals surface area contributed by atoms with Gasteiger partial charge in [-0.2, -0.15) is 0 Å². The Morgan fingerprint density at radius 1 is 1.08 bits per heavy atom. The van der Waals surface area contributed by atoms with Gasteiger partial charge in [-0.15, -0.1) is 0 Å². The molecule has 0 fully saturated rings. The highest BCUT2D eigenvalue weighted by atomic mass is 16.5. The predicted octanol–water partition coefficient (Wildman–Crippen LogP) is 1.58. The molecule has 0 aliphatic rings. The zero-order valence-corrected chi connectivity index (χ0v) is 14.0. The Kier molecular flexibility index (Phi) is 3.81. The third kappa shape index (κ3) is 2.46. The third-order valence-electron chi connectivity index (χ3n) is 3.87. The zero-order valence-electron chi connectivity index (χ0n) is 14.0. The molecule has 130 valence electrons. The molecular formula is C17H14N6O3. The molecule has 3 aromatic heterocycles. The van der Waals surface area contributed by atoms with E-state index in [9.17, 15) is 4.79 Å². The van der Waals surface area contributed by atoms with Crippen molar-refractivity contribution >= 4 is 11.3 Å². The van der Waals surface area contributed by atoms with E-state index in [1.165, 1.54) is 25.1 Å². The number of nitrogens with zero attached hydrogens (tertiary/aromatic N) is 5. The average Bonchev–Trinajstić information content (AvgIpc) is 3.02. The molecule has 1 N–H and O–H groups in total. The second-order valence-corrected chi connectivity index (χ2v) is 5.33. The van der Waals surface area contributed by atoms with Crippen molar-refractivity contribution < 1.29 is 9.47 Å². The molecule has 0 saturated heterocycles. The van der Waals surface area contributed by atoms with E-state index < -0.39 is 0 Å². The summed E-state index contributed by atoms with van der Waals surface area (Å²) in [6, 6.07) is 5.27. The maximum atomic E-state index is 12.6. The standard InChI is InChI=1S/C17H14N6O3/c1-25-13-5-3-4-12(14(13)26-2)23-16-15(22-17(23)24)21-11(8-20-16)10-6-18-9-19-7-10/h3-9H,1-2H3,(H,21,22,24). The van der Waals surface area contributed by atoms with Crippen molar-refractivity contribution in [2.24, 2.45) is 0 Å². The number of benzene rings is 1. The molecular weight excluding hydrogens is 336 g/mol. The number of aromatic amines is 1. The van der Waals surface area contributed by atoms with E-state index in [0.717, 1.165) is 0 Å². The molecule has 0 unspecified atom stereocenters. The Hall–Kier alpha value is -3.75. The van der Waals surface area contributed by atoms with Crippen molar-refractivity contribution in [3.63, 3.8) is 0 Å². The zero-order chi connectivity index (χ0) is 18.1. The van der Waals surface area contributed by atoms with Crippen molar-refractivity contribution in [2.45, 2.75) is 0 Å². The van der Waals surface area contributed by atoms with Crippen molar-refractivity contribution in [1.29, 1.82) is 0 Å². The van der Waals surface area contributed by atoms with E-state index in [1.807, 2.05) is 0 Å². The minimum atomic E-state index is -0.381. The SMILES string of the molecule is COc1cccc(-n2c(=O)[nH]c3nc(-c4cncnc4)cnc32)c1OC. The number of ether oxygens (including phenoxy) is 2. The fourth-order valence-electron chi connectivity index (χ4n) is 2.72. The molecule has 0 atom stereocenters. The fourth-order valence-corrected chi connectivity index (χ4v) is 2.72. The van der Waals surface area contributed by atoms with Crippen LogP contribution in [0.25, 0.3) is 28.2 Å². The van der Waals surface area contributed by atoms with E-state index >= 15 is 0 Å². The van der Waals surface area contributed by atoms with Crippen LogP contribution in [0.4, 0.5) is 0 Å². The number of imidazole rings is 1. The summed E-state index contributed by atoms with van der Waals surface area (Å²) < 4.78 is 12.1. The predicted molar refractivity (Wildman–Crippen MR) is 93.6 cm³/mol. The molecule has 4 aromatic rings. The Morgan fingerprint density at radius 2 is 1.88 bits per heavy atom. The summed E-state index contributed by atoms with van der Waals surface area (Å²) in [5.74, 6) is 0.942. The summed E-state index contributed by atoms with van der Waals surface area (Å²) in [7, 11) is 3.05. The third-order valence-corrected chi connectivity index (χ3v) is 3.87. The molecule has 0 spiro atoms. The first-order valence-electron chi connectivity index (χ1n) is 7.67. The first-order chi connectivity index (χ1) is 12.7. The van der Waals surface area contributed by atoms with Crippen molar-refractivity contribution in [1.82, 2.24) is 29.5 Å². The van der Waals surface area contributed by atoms with Gasteiger partial charge in [0.2, 0.25) is 0 Å². The first-order valence-corrected chi connectivity index (χ1v) is 7.67. The van der Waals surface area contributed by atoms with Gasteiger partial charge in [-0.05, 0) is 12.1 Å². The van der Waals surface area contributed by atoms with Crippen LogP contribution < -0.4 is 15.2 Å². The van der Waals surface area contributed by atoms with Gasteiger partial charge in [0.1, 0.15) is 6.33 Å². The number of hydrogen-bond acceptors (Lipinski definition) is 7. The van der Waals surface area contributed by atoms with Crippen molar-refractivity contribution in [3.8, 4) is 28.4 Å². The fraction of sp³-hybridized carbons (Fsp3) is 0.118. The molecule has 9 heteroatoms. The summed E-state index contributed by atoms with van der Waals surface area (Å²) in [4.78, 5) is 32.1. The first kappa shape index (κ1) is 15.8. The lowest BCUT2D eigenvalue weighted by molar-refractivity contribution is 0.354. The van der Waals surface area contributed by atoms with E-state index in [2.05, 4.69) is 24.9 Å². The highest BCUT2D eigenvalue weighted by Crippen LogP contribution is 2.33. The molecule has 4 rings (SSSR count). The summed E-state index contributed by atoms with van der Waals surface area (Å²) in [6.45, 7) is 0. The molecule has 3 heterocycles. The molecule has 0 saturated carbocycles. The Bertz CT molecular complexity index is 1140. The molecule has 0 bridgehead atoms. The van der Waals surface area contributed by atoms with Crippen LogP contribution in [0.2, 0.25) is 0 Å². The Balaban J connectivity index is 1.93. The van der Waals surface area contributed by atoms with Crippen molar-refractivity contribution in [3.05, 3.63) is 53.6 Å². The largest absolute Gasteiger partial charge is 0.493 e.